The van der Waals surface area contributed by atoms with Gasteiger partial charge in [0.05, 0.1) is 17.2 Å². The van der Waals surface area contributed by atoms with E-state index in [0.29, 0.717) is 16.7 Å². The summed E-state index contributed by atoms with van der Waals surface area (Å²) >= 11 is 8.33. The van der Waals surface area contributed by atoms with Crippen LogP contribution in [0, 0.1) is 0 Å². The zero-order valence-corrected chi connectivity index (χ0v) is 16.3. The molecule has 1 N–H and O–H groups in total. The maximum Gasteiger partial charge on any atom is 0.293 e. The van der Waals surface area contributed by atoms with Crippen LogP contribution in [0.25, 0.3) is 0 Å². The Kier molecular flexibility index (Phi) is 5.60. The molecule has 0 radical (unpaired) electrons. The van der Waals surface area contributed by atoms with E-state index in [9.17, 15) is 4.79 Å². The molecule has 3 aromatic rings. The van der Waals surface area contributed by atoms with E-state index in [1.54, 1.807) is 28.4 Å². The van der Waals surface area contributed by atoms with Gasteiger partial charge in [0.2, 0.25) is 0 Å². The number of nitrogens with one attached hydrogen (secondary N) is 1. The number of carbonyl (C=O) groups is 1. The van der Waals surface area contributed by atoms with Crippen LogP contribution in [-0.2, 0) is 6.54 Å². The Morgan fingerprint density at radius 3 is 2.79 bits per heavy atom. The van der Waals surface area contributed by atoms with Crippen LogP contribution >= 0.6 is 43.2 Å². The fraction of sp³-hybridized carbons (Fsp3) is 0.0625. The second-order valence-corrected chi connectivity index (χ2v) is 7.61. The molecule has 0 saturated carbocycles. The third kappa shape index (κ3) is 4.40. The minimum atomic E-state index is -0.357. The van der Waals surface area contributed by atoms with Crippen molar-refractivity contribution in [1.29, 1.82) is 0 Å². The van der Waals surface area contributed by atoms with E-state index in [0.717, 1.165) is 14.9 Å². The van der Waals surface area contributed by atoms with Gasteiger partial charge in [0.1, 0.15) is 0 Å². The quantitative estimate of drug-likeness (QED) is 0.449. The van der Waals surface area contributed by atoms with Crippen LogP contribution in [0.3, 0.4) is 0 Å². The molecule has 1 amide bonds. The molecular weight excluding hydrogens is 456 g/mol. The van der Waals surface area contributed by atoms with Crippen LogP contribution in [0.4, 0.5) is 0 Å². The number of thiophene rings is 1. The fourth-order valence-corrected chi connectivity index (χ4v) is 3.33. The van der Waals surface area contributed by atoms with Crippen LogP contribution in [0.2, 0.25) is 0 Å². The Bertz CT molecular complexity index is 857. The van der Waals surface area contributed by atoms with E-state index >= 15 is 0 Å². The first-order valence-corrected chi connectivity index (χ1v) is 9.43. The van der Waals surface area contributed by atoms with Crippen LogP contribution < -0.4 is 5.43 Å². The molecule has 0 spiro atoms. The molecule has 0 fully saturated rings. The van der Waals surface area contributed by atoms with Crippen LogP contribution in [0.5, 0.6) is 0 Å². The third-order valence-corrected chi connectivity index (χ3v) is 5.01. The molecule has 3 rings (SSSR count). The molecule has 0 aliphatic heterocycles. The van der Waals surface area contributed by atoms with E-state index in [-0.39, 0.29) is 5.91 Å². The number of rotatable bonds is 5. The van der Waals surface area contributed by atoms with Gasteiger partial charge < -0.3 is 0 Å². The summed E-state index contributed by atoms with van der Waals surface area (Å²) in [5, 5.41) is 10.2. The standard InChI is InChI=1S/C16H12Br2N4OS/c17-12-5-3-11(4-6-12)9-22-10-14(18)15(21-22)16(23)20-19-8-13-2-1-7-24-13/h1-8,10H,9H2,(H,20,23)/b19-8+. The van der Waals surface area contributed by atoms with Crippen molar-refractivity contribution in [1.82, 2.24) is 15.2 Å². The molecule has 0 unspecified atom stereocenters. The Hall–Kier alpha value is -1.77. The van der Waals surface area contributed by atoms with Crippen molar-refractivity contribution in [2.75, 3.05) is 0 Å². The number of nitrogens with zero attached hydrogens (tertiary/aromatic N) is 3. The molecule has 122 valence electrons. The van der Waals surface area contributed by atoms with Crippen LogP contribution in [0.15, 0.2) is 62.0 Å². The first-order chi connectivity index (χ1) is 11.6. The molecule has 5 nitrogen and oxygen atoms in total. The molecule has 24 heavy (non-hydrogen) atoms. The summed E-state index contributed by atoms with van der Waals surface area (Å²) in [5.74, 6) is -0.357. The van der Waals surface area contributed by atoms with Crippen LogP contribution in [-0.4, -0.2) is 21.9 Å². The number of hydrogen-bond donors (Lipinski definition) is 1. The number of halogens is 2. The highest BCUT2D eigenvalue weighted by Crippen LogP contribution is 2.17. The summed E-state index contributed by atoms with van der Waals surface area (Å²) < 4.78 is 3.37. The first-order valence-electron chi connectivity index (χ1n) is 6.96. The van der Waals surface area contributed by atoms with Gasteiger partial charge in [-0.2, -0.15) is 10.2 Å². The van der Waals surface area contributed by atoms with Gasteiger partial charge in [0, 0.05) is 15.5 Å². The molecule has 2 heterocycles. The zero-order chi connectivity index (χ0) is 16.9. The summed E-state index contributed by atoms with van der Waals surface area (Å²) in [6.45, 7) is 0.581. The molecule has 1 aromatic carbocycles. The normalized spacial score (nSPS) is 11.1. The SMILES string of the molecule is O=C(N/N=C/c1cccs1)c1nn(Cc2ccc(Br)cc2)cc1Br. The van der Waals surface area contributed by atoms with E-state index in [2.05, 4.69) is 47.5 Å². The summed E-state index contributed by atoms with van der Waals surface area (Å²) in [6, 6.07) is 11.8. The molecular formula is C16H12Br2N4OS. The van der Waals surface area contributed by atoms with E-state index in [4.69, 9.17) is 0 Å². The average Bonchev–Trinajstić information content (AvgIpc) is 3.19. The number of amides is 1. The summed E-state index contributed by atoms with van der Waals surface area (Å²) in [4.78, 5) is 13.1. The summed E-state index contributed by atoms with van der Waals surface area (Å²) in [7, 11) is 0. The van der Waals surface area contributed by atoms with Gasteiger partial charge in [-0.25, -0.2) is 5.43 Å². The van der Waals surface area contributed by atoms with Gasteiger partial charge in [-0.1, -0.05) is 34.1 Å². The molecule has 0 saturated heterocycles. The largest absolute Gasteiger partial charge is 0.293 e. The number of hydrazone groups is 1. The predicted molar refractivity (Wildman–Crippen MR) is 103 cm³/mol. The lowest BCUT2D eigenvalue weighted by Crippen LogP contribution is -2.19. The predicted octanol–water partition coefficient (Wildman–Crippen LogP) is 4.28. The maximum atomic E-state index is 12.2. The first kappa shape index (κ1) is 17.1. The van der Waals surface area contributed by atoms with Gasteiger partial charge in [0.15, 0.2) is 5.69 Å². The lowest BCUT2D eigenvalue weighted by atomic mass is 10.2. The Balaban J connectivity index is 1.66. The summed E-state index contributed by atoms with van der Waals surface area (Å²) in [6.07, 6.45) is 3.38. The molecule has 8 heteroatoms. The van der Waals surface area contributed by atoms with Crippen molar-refractivity contribution >= 4 is 55.3 Å². The van der Waals surface area contributed by atoms with Crippen molar-refractivity contribution in [2.45, 2.75) is 6.54 Å². The van der Waals surface area contributed by atoms with Gasteiger partial charge >= 0.3 is 0 Å². The number of hydrogen-bond acceptors (Lipinski definition) is 4. The van der Waals surface area contributed by atoms with Gasteiger partial charge in [-0.05, 0) is 45.1 Å². The fourth-order valence-electron chi connectivity index (χ4n) is 1.98. The van der Waals surface area contributed by atoms with Gasteiger partial charge in [0.25, 0.3) is 5.91 Å². The lowest BCUT2D eigenvalue weighted by Gasteiger charge is -2.01. The Labute approximate surface area is 159 Å². The van der Waals surface area contributed by atoms with Crippen molar-refractivity contribution in [3.8, 4) is 0 Å². The second-order valence-electron chi connectivity index (χ2n) is 4.86. The molecule has 0 atom stereocenters. The monoisotopic (exact) mass is 466 g/mol. The molecule has 0 bridgehead atoms. The van der Waals surface area contributed by atoms with E-state index in [1.807, 2.05) is 41.8 Å². The minimum Gasteiger partial charge on any atom is -0.266 e. The van der Waals surface area contributed by atoms with Crippen molar-refractivity contribution in [2.24, 2.45) is 5.10 Å². The molecule has 0 aliphatic carbocycles. The average molecular weight is 468 g/mol. The highest BCUT2D eigenvalue weighted by Gasteiger charge is 2.14. The highest BCUT2D eigenvalue weighted by atomic mass is 79.9. The maximum absolute atomic E-state index is 12.2. The Morgan fingerprint density at radius 1 is 1.29 bits per heavy atom. The van der Waals surface area contributed by atoms with Crippen molar-refractivity contribution in [3.05, 3.63) is 73.1 Å². The number of aromatic nitrogens is 2. The summed E-state index contributed by atoms with van der Waals surface area (Å²) in [5.41, 5.74) is 3.88. The number of benzene rings is 1. The minimum absolute atomic E-state index is 0.301. The van der Waals surface area contributed by atoms with Gasteiger partial charge in [-0.15, -0.1) is 11.3 Å². The van der Waals surface area contributed by atoms with Crippen molar-refractivity contribution in [3.63, 3.8) is 0 Å². The van der Waals surface area contributed by atoms with Gasteiger partial charge in [-0.3, -0.25) is 9.48 Å². The van der Waals surface area contributed by atoms with E-state index in [1.165, 1.54) is 0 Å². The number of carbonyl (C=O) groups excluding carboxylic acids is 1. The third-order valence-electron chi connectivity index (χ3n) is 3.09. The molecule has 2 aromatic heterocycles. The second kappa shape index (κ2) is 7.87. The highest BCUT2D eigenvalue weighted by molar-refractivity contribution is 9.10. The smallest absolute Gasteiger partial charge is 0.266 e. The van der Waals surface area contributed by atoms with Crippen LogP contribution in [0.1, 0.15) is 20.9 Å². The zero-order valence-electron chi connectivity index (χ0n) is 12.3. The van der Waals surface area contributed by atoms with Crippen molar-refractivity contribution < 1.29 is 4.79 Å². The molecule has 0 aliphatic rings. The lowest BCUT2D eigenvalue weighted by molar-refractivity contribution is 0.0948. The van der Waals surface area contributed by atoms with E-state index < -0.39 is 0 Å². The topological polar surface area (TPSA) is 59.3 Å². The Morgan fingerprint density at radius 2 is 2.08 bits per heavy atom.